The number of hydrogen-bond acceptors (Lipinski definition) is 7. The summed E-state index contributed by atoms with van der Waals surface area (Å²) in [5.41, 5.74) is 0. The van der Waals surface area contributed by atoms with Gasteiger partial charge in [-0.3, -0.25) is 0 Å². The van der Waals surface area contributed by atoms with Gasteiger partial charge in [-0.25, -0.2) is 8.42 Å². The van der Waals surface area contributed by atoms with E-state index in [0.29, 0.717) is 6.54 Å². The number of rotatable bonds is 5. The van der Waals surface area contributed by atoms with Gasteiger partial charge in [0.05, 0.1) is 0 Å². The van der Waals surface area contributed by atoms with Crippen molar-refractivity contribution in [2.24, 2.45) is 0 Å². The quantitative estimate of drug-likeness (QED) is 0.796. The number of aromatic nitrogens is 3. The Morgan fingerprint density at radius 3 is 2.24 bits per heavy atom. The first-order chi connectivity index (χ1) is 7.82. The fraction of sp³-hybridized carbons (Fsp3) is 0.667. The minimum absolute atomic E-state index is 0.110. The topological polar surface area (TPSA) is 96.9 Å². The van der Waals surface area contributed by atoms with Crippen molar-refractivity contribution in [1.29, 1.82) is 0 Å². The first kappa shape index (κ1) is 13.6. The average molecular weight is 259 g/mol. The molecule has 0 unspecified atom stereocenters. The van der Waals surface area contributed by atoms with E-state index in [1.807, 2.05) is 20.8 Å². The van der Waals surface area contributed by atoms with Crippen LogP contribution in [0.1, 0.15) is 20.8 Å². The van der Waals surface area contributed by atoms with Gasteiger partial charge >= 0.3 is 0 Å². The monoisotopic (exact) mass is 259 g/mol. The van der Waals surface area contributed by atoms with Crippen LogP contribution < -0.4 is 10.6 Å². The molecule has 0 aliphatic rings. The summed E-state index contributed by atoms with van der Waals surface area (Å²) in [6, 6.07) is 0.110. The summed E-state index contributed by atoms with van der Waals surface area (Å²) in [6.45, 7) is 6.31. The number of hydrogen-bond donors (Lipinski definition) is 2. The predicted octanol–water partition coefficient (Wildman–Crippen LogP) is 0.527. The molecule has 0 radical (unpaired) electrons. The van der Waals surface area contributed by atoms with Crippen LogP contribution in [-0.4, -0.2) is 42.2 Å². The van der Waals surface area contributed by atoms with Crippen molar-refractivity contribution in [3.63, 3.8) is 0 Å². The molecule has 0 bridgehead atoms. The lowest BCUT2D eigenvalue weighted by atomic mass is 10.4. The third-order valence-electron chi connectivity index (χ3n) is 1.70. The van der Waals surface area contributed by atoms with E-state index in [0.717, 1.165) is 6.26 Å². The molecule has 0 amide bonds. The summed E-state index contributed by atoms with van der Waals surface area (Å²) in [6.07, 6.45) is 1.07. The summed E-state index contributed by atoms with van der Waals surface area (Å²) in [5, 5.41) is 5.59. The number of anilines is 2. The van der Waals surface area contributed by atoms with Gasteiger partial charge in [0.15, 0.2) is 0 Å². The maximum Gasteiger partial charge on any atom is 0.253 e. The summed E-state index contributed by atoms with van der Waals surface area (Å²) >= 11 is 0. The fourth-order valence-corrected chi connectivity index (χ4v) is 1.59. The third kappa shape index (κ3) is 4.14. The van der Waals surface area contributed by atoms with Crippen LogP contribution in [0, 0.1) is 0 Å². The Labute approximate surface area is 101 Å². The lowest BCUT2D eigenvalue weighted by Gasteiger charge is -2.10. The Hall–Kier alpha value is -1.44. The molecule has 2 N–H and O–H groups in total. The van der Waals surface area contributed by atoms with Crippen molar-refractivity contribution >= 4 is 21.7 Å². The minimum atomic E-state index is -3.44. The number of nitrogens with zero attached hydrogens (tertiary/aromatic N) is 3. The lowest BCUT2D eigenvalue weighted by molar-refractivity contribution is 0.592. The van der Waals surface area contributed by atoms with E-state index in [2.05, 4.69) is 25.6 Å². The van der Waals surface area contributed by atoms with Crippen LogP contribution in [0.3, 0.4) is 0 Å². The van der Waals surface area contributed by atoms with Crippen LogP contribution in [0.25, 0.3) is 0 Å². The van der Waals surface area contributed by atoms with Gasteiger partial charge in [0.25, 0.3) is 5.16 Å². The molecule has 17 heavy (non-hydrogen) atoms. The molecule has 0 saturated carbocycles. The highest BCUT2D eigenvalue weighted by Crippen LogP contribution is 2.10. The highest BCUT2D eigenvalue weighted by molar-refractivity contribution is 7.90. The van der Waals surface area contributed by atoms with Gasteiger partial charge in [0, 0.05) is 18.8 Å². The van der Waals surface area contributed by atoms with Gasteiger partial charge in [-0.1, -0.05) is 0 Å². The SMILES string of the molecule is CCNc1nc(NC(C)C)nc(S(C)(=O)=O)n1. The van der Waals surface area contributed by atoms with Crippen molar-refractivity contribution in [3.05, 3.63) is 0 Å². The third-order valence-corrected chi connectivity index (χ3v) is 2.55. The summed E-state index contributed by atoms with van der Waals surface area (Å²) in [7, 11) is -3.44. The first-order valence-electron chi connectivity index (χ1n) is 5.29. The Morgan fingerprint density at radius 1 is 1.18 bits per heavy atom. The van der Waals surface area contributed by atoms with E-state index >= 15 is 0 Å². The molecule has 1 aromatic heterocycles. The summed E-state index contributed by atoms with van der Waals surface area (Å²) in [5.74, 6) is 0.512. The van der Waals surface area contributed by atoms with Gasteiger partial charge in [-0.15, -0.1) is 0 Å². The smallest absolute Gasteiger partial charge is 0.253 e. The second-order valence-electron chi connectivity index (χ2n) is 3.87. The standard InChI is InChI=1S/C9H17N5O2S/c1-5-10-7-12-8(11-6(2)3)14-9(13-7)17(4,15)16/h6H,5H2,1-4H3,(H2,10,11,12,13,14). The Kier molecular flexibility index (Phi) is 4.22. The molecule has 0 fully saturated rings. The normalized spacial score (nSPS) is 11.6. The summed E-state index contributed by atoms with van der Waals surface area (Å²) in [4.78, 5) is 11.8. The molecule has 0 spiro atoms. The zero-order chi connectivity index (χ0) is 13.1. The van der Waals surface area contributed by atoms with Crippen molar-refractivity contribution in [2.45, 2.75) is 32.0 Å². The average Bonchev–Trinajstić information content (AvgIpc) is 2.15. The first-order valence-corrected chi connectivity index (χ1v) is 7.18. The van der Waals surface area contributed by atoms with Gasteiger partial charge in [-0.05, 0) is 20.8 Å². The number of sulfone groups is 1. The highest BCUT2D eigenvalue weighted by atomic mass is 32.2. The molecule has 7 nitrogen and oxygen atoms in total. The van der Waals surface area contributed by atoms with Crippen molar-refractivity contribution in [2.75, 3.05) is 23.4 Å². The zero-order valence-corrected chi connectivity index (χ0v) is 11.2. The molecule has 0 aliphatic heterocycles. The van der Waals surface area contributed by atoms with E-state index in [4.69, 9.17) is 0 Å². The second kappa shape index (κ2) is 5.26. The highest BCUT2D eigenvalue weighted by Gasteiger charge is 2.15. The van der Waals surface area contributed by atoms with Crippen molar-refractivity contribution in [1.82, 2.24) is 15.0 Å². The molecular weight excluding hydrogens is 242 g/mol. The molecule has 8 heteroatoms. The van der Waals surface area contributed by atoms with E-state index in [1.54, 1.807) is 0 Å². The van der Waals surface area contributed by atoms with Crippen LogP contribution in [-0.2, 0) is 9.84 Å². The molecule has 96 valence electrons. The van der Waals surface area contributed by atoms with Gasteiger partial charge in [0.2, 0.25) is 21.7 Å². The Bertz CT molecular complexity index is 486. The van der Waals surface area contributed by atoms with Gasteiger partial charge < -0.3 is 10.6 Å². The molecule has 1 aromatic rings. The van der Waals surface area contributed by atoms with Gasteiger partial charge in [-0.2, -0.15) is 15.0 Å². The maximum atomic E-state index is 11.4. The van der Waals surface area contributed by atoms with Crippen LogP contribution in [0.2, 0.25) is 0 Å². The molecular formula is C9H17N5O2S. The second-order valence-corrected chi connectivity index (χ2v) is 5.78. The van der Waals surface area contributed by atoms with Crippen molar-refractivity contribution in [3.8, 4) is 0 Å². The largest absolute Gasteiger partial charge is 0.354 e. The predicted molar refractivity (Wildman–Crippen MR) is 65.9 cm³/mol. The maximum absolute atomic E-state index is 11.4. The minimum Gasteiger partial charge on any atom is -0.354 e. The van der Waals surface area contributed by atoms with Crippen LogP contribution in [0.4, 0.5) is 11.9 Å². The van der Waals surface area contributed by atoms with E-state index in [9.17, 15) is 8.42 Å². The molecule has 1 heterocycles. The van der Waals surface area contributed by atoms with Crippen LogP contribution in [0.5, 0.6) is 0 Å². The Morgan fingerprint density at radius 2 is 1.76 bits per heavy atom. The van der Waals surface area contributed by atoms with Crippen LogP contribution >= 0.6 is 0 Å². The molecule has 0 aromatic carbocycles. The molecule has 0 aliphatic carbocycles. The summed E-state index contributed by atoms with van der Waals surface area (Å²) < 4.78 is 22.8. The van der Waals surface area contributed by atoms with Crippen molar-refractivity contribution < 1.29 is 8.42 Å². The lowest BCUT2D eigenvalue weighted by Crippen LogP contribution is -2.17. The zero-order valence-electron chi connectivity index (χ0n) is 10.4. The number of nitrogens with one attached hydrogen (secondary N) is 2. The van der Waals surface area contributed by atoms with E-state index in [-0.39, 0.29) is 23.1 Å². The van der Waals surface area contributed by atoms with E-state index < -0.39 is 9.84 Å². The molecule has 1 rings (SSSR count). The van der Waals surface area contributed by atoms with Gasteiger partial charge in [0.1, 0.15) is 0 Å². The Balaban J connectivity index is 3.19. The fourth-order valence-electron chi connectivity index (χ4n) is 1.08. The van der Waals surface area contributed by atoms with E-state index in [1.165, 1.54) is 0 Å². The van der Waals surface area contributed by atoms with Crippen LogP contribution in [0.15, 0.2) is 5.16 Å². The molecule has 0 saturated heterocycles. The molecule has 0 atom stereocenters.